The number of carbonyl (C=O) groups excluding carboxylic acids is 1. The molecule has 0 saturated carbocycles. The number of hydrogen-bond donors (Lipinski definition) is 0. The smallest absolute Gasteiger partial charge is 0.185 e. The first kappa shape index (κ1) is 15.5. The lowest BCUT2D eigenvalue weighted by Gasteiger charge is -2.28. The van der Waals surface area contributed by atoms with Crippen LogP contribution in [0.4, 0.5) is 5.69 Å². The lowest BCUT2D eigenvalue weighted by atomic mass is 10.1. The van der Waals surface area contributed by atoms with Crippen molar-refractivity contribution < 1.29 is 4.79 Å². The Kier molecular flexibility index (Phi) is 4.92. The number of allylic oxidation sites excluding steroid dienone is 1. The highest BCUT2D eigenvalue weighted by atomic mass is 16.1. The molecule has 2 aromatic rings. The Labute approximate surface area is 138 Å². The predicted octanol–water partition coefficient (Wildman–Crippen LogP) is 4.88. The summed E-state index contributed by atoms with van der Waals surface area (Å²) in [7, 11) is 0. The van der Waals surface area contributed by atoms with Crippen molar-refractivity contribution in [3.8, 4) is 0 Å². The molecule has 0 aromatic heterocycles. The summed E-state index contributed by atoms with van der Waals surface area (Å²) < 4.78 is 0. The molecule has 1 aliphatic rings. The van der Waals surface area contributed by atoms with Crippen molar-refractivity contribution in [3.05, 3.63) is 71.3 Å². The van der Waals surface area contributed by atoms with Gasteiger partial charge in [-0.2, -0.15) is 0 Å². The van der Waals surface area contributed by atoms with Crippen LogP contribution in [0.3, 0.4) is 0 Å². The van der Waals surface area contributed by atoms with E-state index in [1.807, 2.05) is 37.3 Å². The maximum atomic E-state index is 12.1. The van der Waals surface area contributed by atoms with Crippen LogP contribution in [0.25, 0.3) is 6.08 Å². The van der Waals surface area contributed by atoms with Gasteiger partial charge in [-0.05, 0) is 50.0 Å². The third-order valence-corrected chi connectivity index (χ3v) is 4.38. The van der Waals surface area contributed by atoms with Crippen molar-refractivity contribution in [1.82, 2.24) is 0 Å². The monoisotopic (exact) mass is 305 g/mol. The molecule has 0 atom stereocenters. The molecule has 2 nitrogen and oxygen atoms in total. The van der Waals surface area contributed by atoms with Crippen LogP contribution >= 0.6 is 0 Å². The third-order valence-electron chi connectivity index (χ3n) is 4.38. The van der Waals surface area contributed by atoms with Gasteiger partial charge in [0.05, 0.1) is 0 Å². The number of anilines is 1. The molecule has 118 valence electrons. The number of piperidine rings is 1. The Bertz CT molecular complexity index is 677. The summed E-state index contributed by atoms with van der Waals surface area (Å²) in [6, 6.07) is 16.2. The molecule has 3 rings (SSSR count). The van der Waals surface area contributed by atoms with Crippen molar-refractivity contribution in [2.75, 3.05) is 18.0 Å². The van der Waals surface area contributed by atoms with Gasteiger partial charge in [0, 0.05) is 24.3 Å². The van der Waals surface area contributed by atoms with Gasteiger partial charge in [-0.15, -0.1) is 0 Å². The Balaban J connectivity index is 1.65. The SMILES string of the molecule is Cc1ccc(C(=O)/C=C/c2ccc(N3CCCCC3)cc2)cc1. The zero-order valence-electron chi connectivity index (χ0n) is 13.7. The van der Waals surface area contributed by atoms with E-state index in [1.54, 1.807) is 6.08 Å². The van der Waals surface area contributed by atoms with Crippen LogP contribution < -0.4 is 4.90 Å². The maximum absolute atomic E-state index is 12.1. The van der Waals surface area contributed by atoms with Gasteiger partial charge in [-0.25, -0.2) is 0 Å². The van der Waals surface area contributed by atoms with Crippen LogP contribution in [0.1, 0.15) is 40.7 Å². The summed E-state index contributed by atoms with van der Waals surface area (Å²) in [5, 5.41) is 0. The molecule has 2 aromatic carbocycles. The normalized spacial score (nSPS) is 15.1. The number of nitrogens with zero attached hydrogens (tertiary/aromatic N) is 1. The Morgan fingerprint density at radius 1 is 0.913 bits per heavy atom. The number of ketones is 1. The second-order valence-electron chi connectivity index (χ2n) is 6.20. The van der Waals surface area contributed by atoms with Gasteiger partial charge in [0.25, 0.3) is 0 Å². The maximum Gasteiger partial charge on any atom is 0.185 e. The van der Waals surface area contributed by atoms with Crippen LogP contribution in [0.5, 0.6) is 0 Å². The molecule has 1 fully saturated rings. The van der Waals surface area contributed by atoms with E-state index in [9.17, 15) is 4.79 Å². The van der Waals surface area contributed by atoms with Crippen LogP contribution in [-0.2, 0) is 0 Å². The first-order valence-electron chi connectivity index (χ1n) is 8.36. The van der Waals surface area contributed by atoms with Gasteiger partial charge in [-0.3, -0.25) is 4.79 Å². The average molecular weight is 305 g/mol. The van der Waals surface area contributed by atoms with Gasteiger partial charge in [-0.1, -0.05) is 48.0 Å². The van der Waals surface area contributed by atoms with E-state index >= 15 is 0 Å². The van der Waals surface area contributed by atoms with Gasteiger partial charge in [0.15, 0.2) is 5.78 Å². The highest BCUT2D eigenvalue weighted by molar-refractivity contribution is 6.06. The molecule has 1 saturated heterocycles. The molecule has 1 heterocycles. The number of aryl methyl sites for hydroxylation is 1. The Hall–Kier alpha value is -2.35. The first-order chi connectivity index (χ1) is 11.2. The van der Waals surface area contributed by atoms with E-state index in [-0.39, 0.29) is 5.78 Å². The summed E-state index contributed by atoms with van der Waals surface area (Å²) in [5.41, 5.74) is 4.24. The number of rotatable bonds is 4. The number of benzene rings is 2. The fourth-order valence-electron chi connectivity index (χ4n) is 2.93. The summed E-state index contributed by atoms with van der Waals surface area (Å²) in [4.78, 5) is 14.6. The Morgan fingerprint density at radius 3 is 2.22 bits per heavy atom. The average Bonchev–Trinajstić information content (AvgIpc) is 2.61. The fraction of sp³-hybridized carbons (Fsp3) is 0.286. The minimum Gasteiger partial charge on any atom is -0.372 e. The van der Waals surface area contributed by atoms with E-state index in [2.05, 4.69) is 29.2 Å². The molecular weight excluding hydrogens is 282 g/mol. The lowest BCUT2D eigenvalue weighted by Crippen LogP contribution is -2.29. The summed E-state index contributed by atoms with van der Waals surface area (Å²) in [5.74, 6) is 0.0464. The molecule has 0 spiro atoms. The predicted molar refractivity (Wildman–Crippen MR) is 97.0 cm³/mol. The molecule has 0 radical (unpaired) electrons. The second kappa shape index (κ2) is 7.28. The van der Waals surface area contributed by atoms with Crippen LogP contribution in [0.15, 0.2) is 54.6 Å². The quantitative estimate of drug-likeness (QED) is 0.592. The van der Waals surface area contributed by atoms with E-state index < -0.39 is 0 Å². The van der Waals surface area contributed by atoms with Crippen molar-refractivity contribution in [2.24, 2.45) is 0 Å². The highest BCUT2D eigenvalue weighted by Crippen LogP contribution is 2.20. The van der Waals surface area contributed by atoms with Crippen LogP contribution in [0.2, 0.25) is 0 Å². The molecule has 0 N–H and O–H groups in total. The van der Waals surface area contributed by atoms with E-state index in [1.165, 1.54) is 30.5 Å². The molecule has 2 heteroatoms. The van der Waals surface area contributed by atoms with Crippen molar-refractivity contribution in [1.29, 1.82) is 0 Å². The first-order valence-corrected chi connectivity index (χ1v) is 8.36. The van der Waals surface area contributed by atoms with Gasteiger partial charge < -0.3 is 4.90 Å². The van der Waals surface area contributed by atoms with E-state index in [0.29, 0.717) is 0 Å². The molecule has 23 heavy (non-hydrogen) atoms. The highest BCUT2D eigenvalue weighted by Gasteiger charge is 2.10. The topological polar surface area (TPSA) is 20.3 Å². The van der Waals surface area contributed by atoms with Gasteiger partial charge in [0.2, 0.25) is 0 Å². The minimum absolute atomic E-state index is 0.0464. The van der Waals surface area contributed by atoms with E-state index in [0.717, 1.165) is 24.2 Å². The van der Waals surface area contributed by atoms with Crippen molar-refractivity contribution in [3.63, 3.8) is 0 Å². The van der Waals surface area contributed by atoms with Crippen LogP contribution in [-0.4, -0.2) is 18.9 Å². The summed E-state index contributed by atoms with van der Waals surface area (Å²) in [6.07, 6.45) is 7.46. The molecule has 0 unspecified atom stereocenters. The van der Waals surface area contributed by atoms with E-state index in [4.69, 9.17) is 0 Å². The van der Waals surface area contributed by atoms with Crippen molar-refractivity contribution in [2.45, 2.75) is 26.2 Å². The van der Waals surface area contributed by atoms with Gasteiger partial charge >= 0.3 is 0 Å². The molecule has 0 amide bonds. The number of hydrogen-bond acceptors (Lipinski definition) is 2. The zero-order valence-corrected chi connectivity index (χ0v) is 13.7. The Morgan fingerprint density at radius 2 is 1.57 bits per heavy atom. The molecular formula is C21H23NO. The zero-order chi connectivity index (χ0) is 16.1. The molecule has 0 aliphatic carbocycles. The largest absolute Gasteiger partial charge is 0.372 e. The van der Waals surface area contributed by atoms with Crippen molar-refractivity contribution >= 4 is 17.5 Å². The molecule has 0 bridgehead atoms. The summed E-state index contributed by atoms with van der Waals surface area (Å²) in [6.45, 7) is 4.33. The fourth-order valence-corrected chi connectivity index (χ4v) is 2.93. The summed E-state index contributed by atoms with van der Waals surface area (Å²) >= 11 is 0. The number of carbonyl (C=O) groups is 1. The third kappa shape index (κ3) is 4.10. The second-order valence-corrected chi connectivity index (χ2v) is 6.20. The van der Waals surface area contributed by atoms with Crippen LogP contribution in [0, 0.1) is 6.92 Å². The minimum atomic E-state index is 0.0464. The lowest BCUT2D eigenvalue weighted by molar-refractivity contribution is 0.104. The molecule has 1 aliphatic heterocycles. The van der Waals surface area contributed by atoms with Gasteiger partial charge in [0.1, 0.15) is 0 Å². The standard InChI is InChI=1S/C21H23NO/c1-17-5-10-19(11-6-17)21(23)14-9-18-7-12-20(13-8-18)22-15-3-2-4-16-22/h5-14H,2-4,15-16H2,1H3/b14-9+.